The van der Waals surface area contributed by atoms with Crippen LogP contribution in [0.1, 0.15) is 30.7 Å². The maximum absolute atomic E-state index is 13.2. The first-order valence-electron chi connectivity index (χ1n) is 10.9. The van der Waals surface area contributed by atoms with Gasteiger partial charge in [0.25, 0.3) is 15.6 Å². The van der Waals surface area contributed by atoms with E-state index in [1.807, 2.05) is 43.3 Å². The monoisotopic (exact) mass is 462 g/mol. The first-order valence-corrected chi connectivity index (χ1v) is 12.3. The summed E-state index contributed by atoms with van der Waals surface area (Å²) in [4.78, 5) is 17.5. The van der Waals surface area contributed by atoms with Crippen molar-refractivity contribution in [2.24, 2.45) is 0 Å². The molecule has 0 spiro atoms. The number of pyridine rings is 1. The molecule has 1 N–H and O–H groups in total. The molecule has 0 atom stereocenters. The number of sulfonamides is 1. The van der Waals surface area contributed by atoms with Gasteiger partial charge in [0.05, 0.1) is 5.69 Å². The molecule has 0 bridgehead atoms. The number of hydrogen-bond donors (Lipinski definition) is 1. The fourth-order valence-corrected chi connectivity index (χ4v) is 5.24. The van der Waals surface area contributed by atoms with Crippen LogP contribution < -0.4 is 9.86 Å². The van der Waals surface area contributed by atoms with Gasteiger partial charge in [0.1, 0.15) is 4.90 Å². The molecule has 7 nitrogen and oxygen atoms in total. The zero-order valence-corrected chi connectivity index (χ0v) is 19.4. The van der Waals surface area contributed by atoms with Crippen LogP contribution >= 0.6 is 0 Å². The van der Waals surface area contributed by atoms with Crippen LogP contribution in [-0.4, -0.2) is 29.7 Å². The Hall–Kier alpha value is -3.65. The number of nitrogens with zero attached hydrogens (tertiary/aromatic N) is 3. The Kier molecular flexibility index (Phi) is 6.46. The second-order valence-corrected chi connectivity index (χ2v) is 9.45. The quantitative estimate of drug-likeness (QED) is 0.430. The highest BCUT2D eigenvalue weighted by molar-refractivity contribution is 7.92. The van der Waals surface area contributed by atoms with Crippen LogP contribution in [0.3, 0.4) is 0 Å². The van der Waals surface area contributed by atoms with Crippen molar-refractivity contribution in [1.82, 2.24) is 14.8 Å². The van der Waals surface area contributed by atoms with Gasteiger partial charge in [0.15, 0.2) is 5.82 Å². The highest BCUT2D eigenvalue weighted by Gasteiger charge is 2.24. The predicted molar refractivity (Wildman–Crippen MR) is 129 cm³/mol. The Morgan fingerprint density at radius 3 is 2.18 bits per heavy atom. The van der Waals surface area contributed by atoms with E-state index >= 15 is 0 Å². The third-order valence-corrected chi connectivity index (χ3v) is 7.41. The lowest BCUT2D eigenvalue weighted by Crippen LogP contribution is -2.30. The van der Waals surface area contributed by atoms with Gasteiger partial charge in [-0.1, -0.05) is 55.5 Å². The minimum absolute atomic E-state index is 0.0665. The number of aromatic amines is 1. The van der Waals surface area contributed by atoms with Crippen LogP contribution in [0, 0.1) is 0 Å². The zero-order chi connectivity index (χ0) is 23.4. The average molecular weight is 463 g/mol. The van der Waals surface area contributed by atoms with Crippen molar-refractivity contribution in [3.63, 3.8) is 0 Å². The minimum Gasteiger partial charge on any atom is -0.293 e. The molecule has 2 aromatic carbocycles. The van der Waals surface area contributed by atoms with E-state index < -0.39 is 10.0 Å². The topological polar surface area (TPSA) is 88.1 Å². The number of benzene rings is 2. The van der Waals surface area contributed by atoms with Crippen molar-refractivity contribution in [2.75, 3.05) is 10.8 Å². The van der Waals surface area contributed by atoms with Crippen molar-refractivity contribution in [3.05, 3.63) is 106 Å². The molecule has 0 radical (unpaired) electrons. The second kappa shape index (κ2) is 9.46. The van der Waals surface area contributed by atoms with E-state index in [0.717, 1.165) is 11.3 Å². The number of H-pyrrole nitrogens is 1. The third-order valence-electron chi connectivity index (χ3n) is 5.52. The van der Waals surface area contributed by atoms with Gasteiger partial charge < -0.3 is 0 Å². The first-order chi connectivity index (χ1) is 16.0. The van der Waals surface area contributed by atoms with Gasteiger partial charge >= 0.3 is 0 Å². The SMILES string of the molecule is CCc1[nH]n(-c2ccc(S(=O)(=O)N(CC)c3ccccc3)cn2)c(=O)c1Cc1ccccc1. The van der Waals surface area contributed by atoms with E-state index in [1.165, 1.54) is 21.3 Å². The molecular formula is C25H26N4O3S. The van der Waals surface area contributed by atoms with Gasteiger partial charge in [-0.3, -0.25) is 14.2 Å². The largest absolute Gasteiger partial charge is 0.293 e. The fraction of sp³-hybridized carbons (Fsp3) is 0.200. The summed E-state index contributed by atoms with van der Waals surface area (Å²) in [5.74, 6) is 0.343. The minimum atomic E-state index is -3.79. The van der Waals surface area contributed by atoms with Gasteiger partial charge in [0, 0.05) is 30.4 Å². The average Bonchev–Trinajstić information content (AvgIpc) is 3.16. The number of hydrogen-bond acceptors (Lipinski definition) is 4. The lowest BCUT2D eigenvalue weighted by atomic mass is 10.0. The van der Waals surface area contributed by atoms with Crippen LogP contribution in [0.15, 0.2) is 88.7 Å². The molecule has 170 valence electrons. The molecule has 0 unspecified atom stereocenters. The summed E-state index contributed by atoms with van der Waals surface area (Å²) in [5.41, 5.74) is 2.97. The molecule has 0 saturated heterocycles. The second-order valence-electron chi connectivity index (χ2n) is 7.58. The number of para-hydroxylation sites is 1. The zero-order valence-electron chi connectivity index (χ0n) is 18.6. The van der Waals surface area contributed by atoms with Crippen LogP contribution in [0.25, 0.3) is 5.82 Å². The van der Waals surface area contributed by atoms with Gasteiger partial charge in [-0.05, 0) is 43.2 Å². The molecule has 4 rings (SSSR count). The molecule has 4 aromatic rings. The van der Waals surface area contributed by atoms with E-state index in [4.69, 9.17) is 0 Å². The Labute approximate surface area is 193 Å². The summed E-state index contributed by atoms with van der Waals surface area (Å²) in [7, 11) is -3.79. The van der Waals surface area contributed by atoms with E-state index in [-0.39, 0.29) is 17.0 Å². The third kappa shape index (κ3) is 4.47. The van der Waals surface area contributed by atoms with Crippen molar-refractivity contribution >= 4 is 15.7 Å². The van der Waals surface area contributed by atoms with Crippen LogP contribution in [-0.2, 0) is 22.9 Å². The maximum atomic E-state index is 13.2. The van der Waals surface area contributed by atoms with E-state index in [0.29, 0.717) is 29.9 Å². The van der Waals surface area contributed by atoms with Crippen molar-refractivity contribution in [1.29, 1.82) is 0 Å². The summed E-state index contributed by atoms with van der Waals surface area (Å²) in [6.07, 6.45) is 2.48. The molecule has 0 amide bonds. The molecule has 0 aliphatic rings. The molecule has 0 fully saturated rings. The van der Waals surface area contributed by atoms with Crippen molar-refractivity contribution in [3.8, 4) is 5.82 Å². The summed E-state index contributed by atoms with van der Waals surface area (Å²) in [6.45, 7) is 4.05. The Balaban J connectivity index is 1.67. The maximum Gasteiger partial charge on any atom is 0.276 e. The molecule has 0 aliphatic carbocycles. The first kappa shape index (κ1) is 22.5. The van der Waals surface area contributed by atoms with E-state index in [1.54, 1.807) is 37.3 Å². The lowest BCUT2D eigenvalue weighted by Gasteiger charge is -2.22. The highest BCUT2D eigenvalue weighted by Crippen LogP contribution is 2.23. The molecule has 0 aliphatic heterocycles. The molecule has 0 saturated carbocycles. The van der Waals surface area contributed by atoms with E-state index in [9.17, 15) is 13.2 Å². The van der Waals surface area contributed by atoms with Crippen LogP contribution in [0.5, 0.6) is 0 Å². The summed E-state index contributed by atoms with van der Waals surface area (Å²) in [6, 6.07) is 21.8. The number of nitrogens with one attached hydrogen (secondary N) is 1. The number of rotatable bonds is 8. The van der Waals surface area contributed by atoms with Crippen molar-refractivity contribution in [2.45, 2.75) is 31.6 Å². The lowest BCUT2D eigenvalue weighted by molar-refractivity contribution is 0.591. The Morgan fingerprint density at radius 2 is 1.61 bits per heavy atom. The smallest absolute Gasteiger partial charge is 0.276 e. The standard InChI is InChI=1S/C25H26N4O3S/c1-3-23-22(17-19-11-7-5-8-12-19)25(30)29(27-23)24-16-15-21(18-26-24)33(31,32)28(4-2)20-13-9-6-10-14-20/h5-16,18,27H,3-4,17H2,1-2H3. The molecular weight excluding hydrogens is 436 g/mol. The molecule has 8 heteroatoms. The highest BCUT2D eigenvalue weighted by atomic mass is 32.2. The Morgan fingerprint density at radius 1 is 0.939 bits per heavy atom. The summed E-state index contributed by atoms with van der Waals surface area (Å²) >= 11 is 0. The van der Waals surface area contributed by atoms with Gasteiger partial charge in [-0.15, -0.1) is 0 Å². The summed E-state index contributed by atoms with van der Waals surface area (Å²) < 4.78 is 29.1. The van der Waals surface area contributed by atoms with Crippen LogP contribution in [0.2, 0.25) is 0 Å². The molecule has 2 heterocycles. The number of aryl methyl sites for hydroxylation is 1. The number of aromatic nitrogens is 3. The number of anilines is 1. The van der Waals surface area contributed by atoms with Crippen LogP contribution in [0.4, 0.5) is 5.69 Å². The Bertz CT molecular complexity index is 1380. The van der Waals surface area contributed by atoms with Gasteiger partial charge in [0.2, 0.25) is 0 Å². The normalized spacial score (nSPS) is 11.5. The van der Waals surface area contributed by atoms with Gasteiger partial charge in [-0.25, -0.2) is 18.1 Å². The van der Waals surface area contributed by atoms with Crippen molar-refractivity contribution < 1.29 is 8.42 Å². The van der Waals surface area contributed by atoms with Gasteiger partial charge in [-0.2, -0.15) is 0 Å². The molecule has 33 heavy (non-hydrogen) atoms. The molecule has 2 aromatic heterocycles. The summed E-state index contributed by atoms with van der Waals surface area (Å²) in [5, 5.41) is 3.14. The fourth-order valence-electron chi connectivity index (χ4n) is 3.82. The predicted octanol–water partition coefficient (Wildman–Crippen LogP) is 3.93. The van der Waals surface area contributed by atoms with E-state index in [2.05, 4.69) is 10.1 Å².